The number of halogens is 2. The van der Waals surface area contributed by atoms with Crippen molar-refractivity contribution in [3.05, 3.63) is 44.5 Å². The Bertz CT molecular complexity index is 631. The first-order chi connectivity index (χ1) is 8.52. The Labute approximate surface area is 119 Å². The molecule has 0 aliphatic heterocycles. The van der Waals surface area contributed by atoms with Crippen molar-refractivity contribution in [3.63, 3.8) is 0 Å². The molecule has 0 spiro atoms. The largest absolute Gasteiger partial charge is 0.478 e. The molecule has 1 N–H and O–H groups in total. The summed E-state index contributed by atoms with van der Waals surface area (Å²) in [6.07, 6.45) is 0.566. The van der Waals surface area contributed by atoms with Crippen LogP contribution in [0.2, 0.25) is 0 Å². The highest BCUT2D eigenvalue weighted by atomic mass is 79.9. The van der Waals surface area contributed by atoms with Crippen LogP contribution in [0.3, 0.4) is 0 Å². The topological polar surface area (TPSA) is 67.5 Å². The molecule has 1 heterocycles. The summed E-state index contributed by atoms with van der Waals surface area (Å²) in [5, 5.41) is 9.19. The minimum atomic E-state index is -1.07. The molecule has 1 aromatic heterocycles. The second-order valence-electron chi connectivity index (χ2n) is 3.44. The maximum atomic E-state index is 11.2. The first kappa shape index (κ1) is 13.0. The van der Waals surface area contributed by atoms with Crippen LogP contribution in [0, 0.1) is 0 Å². The number of carboxylic acid groups (broad SMARTS) is 1. The lowest BCUT2D eigenvalue weighted by molar-refractivity contribution is 0.0697. The number of carboxylic acids is 1. The second-order valence-corrected chi connectivity index (χ2v) is 5.21. The van der Waals surface area contributed by atoms with Gasteiger partial charge >= 0.3 is 5.97 Å². The van der Waals surface area contributed by atoms with Crippen LogP contribution in [0.5, 0.6) is 0 Å². The van der Waals surface area contributed by atoms with Gasteiger partial charge in [0.15, 0.2) is 12.0 Å². The lowest BCUT2D eigenvalue weighted by Crippen LogP contribution is -2.00. The van der Waals surface area contributed by atoms with E-state index >= 15 is 0 Å². The SMILES string of the molecule is O=Cc1ccc(-c2c(Br)cc(Br)cc2C(=O)O)o1. The predicted octanol–water partition coefficient (Wildman–Crippen LogP) is 3.98. The molecule has 0 saturated heterocycles. The summed E-state index contributed by atoms with van der Waals surface area (Å²) in [5.74, 6) is -0.596. The molecule has 92 valence electrons. The summed E-state index contributed by atoms with van der Waals surface area (Å²) in [7, 11) is 0. The number of hydrogen-bond acceptors (Lipinski definition) is 3. The maximum Gasteiger partial charge on any atom is 0.336 e. The summed E-state index contributed by atoms with van der Waals surface area (Å²) in [6.45, 7) is 0. The summed E-state index contributed by atoms with van der Waals surface area (Å²) in [5.41, 5.74) is 0.488. The van der Waals surface area contributed by atoms with Crippen molar-refractivity contribution in [2.75, 3.05) is 0 Å². The van der Waals surface area contributed by atoms with Crippen LogP contribution in [0.1, 0.15) is 20.9 Å². The van der Waals surface area contributed by atoms with E-state index in [2.05, 4.69) is 31.9 Å². The normalized spacial score (nSPS) is 10.3. The van der Waals surface area contributed by atoms with Gasteiger partial charge < -0.3 is 9.52 Å². The van der Waals surface area contributed by atoms with Gasteiger partial charge in [-0.25, -0.2) is 4.79 Å². The number of benzene rings is 1. The monoisotopic (exact) mass is 372 g/mol. The molecule has 2 aromatic rings. The van der Waals surface area contributed by atoms with Crippen LogP contribution in [-0.4, -0.2) is 17.4 Å². The molecule has 0 saturated carbocycles. The third-order valence-corrected chi connectivity index (χ3v) is 3.36. The van der Waals surface area contributed by atoms with Crippen molar-refractivity contribution >= 4 is 44.1 Å². The van der Waals surface area contributed by atoms with E-state index in [9.17, 15) is 14.7 Å². The molecule has 1 aromatic carbocycles. The number of aromatic carboxylic acids is 1. The van der Waals surface area contributed by atoms with Gasteiger partial charge in [0.1, 0.15) is 5.76 Å². The molecule has 0 aliphatic carbocycles. The average Bonchev–Trinajstić information content (AvgIpc) is 2.76. The fourth-order valence-corrected chi connectivity index (χ4v) is 2.96. The smallest absolute Gasteiger partial charge is 0.336 e. The number of carbonyl (C=O) groups is 2. The second kappa shape index (κ2) is 5.07. The van der Waals surface area contributed by atoms with Gasteiger partial charge in [-0.05, 0) is 40.2 Å². The van der Waals surface area contributed by atoms with E-state index in [4.69, 9.17) is 4.42 Å². The zero-order valence-electron chi connectivity index (χ0n) is 8.81. The van der Waals surface area contributed by atoms with E-state index in [1.807, 2.05) is 0 Å². The highest BCUT2D eigenvalue weighted by Crippen LogP contribution is 2.35. The van der Waals surface area contributed by atoms with Gasteiger partial charge in [-0.1, -0.05) is 15.9 Å². The van der Waals surface area contributed by atoms with Crippen molar-refractivity contribution in [2.45, 2.75) is 0 Å². The number of hydrogen-bond donors (Lipinski definition) is 1. The lowest BCUT2D eigenvalue weighted by Gasteiger charge is -2.07. The molecule has 0 fully saturated rings. The highest BCUT2D eigenvalue weighted by molar-refractivity contribution is 9.11. The van der Waals surface area contributed by atoms with Crippen molar-refractivity contribution in [3.8, 4) is 11.3 Å². The zero-order valence-corrected chi connectivity index (χ0v) is 12.0. The summed E-state index contributed by atoms with van der Waals surface area (Å²) >= 11 is 6.52. The first-order valence-electron chi connectivity index (χ1n) is 4.80. The average molecular weight is 374 g/mol. The van der Waals surface area contributed by atoms with Gasteiger partial charge in [0.05, 0.1) is 5.56 Å². The van der Waals surface area contributed by atoms with Gasteiger partial charge in [0.25, 0.3) is 0 Å². The van der Waals surface area contributed by atoms with E-state index in [1.54, 1.807) is 12.1 Å². The van der Waals surface area contributed by atoms with Crippen LogP contribution >= 0.6 is 31.9 Å². The Morgan fingerprint density at radius 2 is 2.00 bits per heavy atom. The first-order valence-corrected chi connectivity index (χ1v) is 6.39. The van der Waals surface area contributed by atoms with Gasteiger partial charge in [0.2, 0.25) is 0 Å². The van der Waals surface area contributed by atoms with Gasteiger partial charge in [0, 0.05) is 14.5 Å². The summed E-state index contributed by atoms with van der Waals surface area (Å²) in [6, 6.07) is 6.24. The number of furan rings is 1. The minimum Gasteiger partial charge on any atom is -0.478 e. The Morgan fingerprint density at radius 3 is 2.56 bits per heavy atom. The van der Waals surface area contributed by atoms with Crippen LogP contribution in [0.15, 0.2) is 37.6 Å². The molecule has 6 heteroatoms. The predicted molar refractivity (Wildman–Crippen MR) is 71.9 cm³/mol. The van der Waals surface area contributed by atoms with Gasteiger partial charge in [-0.15, -0.1) is 0 Å². The molecule has 0 amide bonds. The van der Waals surface area contributed by atoms with E-state index in [-0.39, 0.29) is 11.3 Å². The molecule has 18 heavy (non-hydrogen) atoms. The zero-order chi connectivity index (χ0) is 13.3. The van der Waals surface area contributed by atoms with Gasteiger partial charge in [-0.3, -0.25) is 4.79 Å². The van der Waals surface area contributed by atoms with Gasteiger partial charge in [-0.2, -0.15) is 0 Å². The lowest BCUT2D eigenvalue weighted by atomic mass is 10.1. The Morgan fingerprint density at radius 1 is 1.28 bits per heavy atom. The molecule has 0 radical (unpaired) electrons. The number of aldehydes is 1. The molecule has 0 aliphatic rings. The third kappa shape index (κ3) is 2.39. The Hall–Kier alpha value is -1.40. The quantitative estimate of drug-likeness (QED) is 0.826. The van der Waals surface area contributed by atoms with Crippen molar-refractivity contribution in [1.82, 2.24) is 0 Å². The minimum absolute atomic E-state index is 0.0862. The van der Waals surface area contributed by atoms with Crippen molar-refractivity contribution < 1.29 is 19.1 Å². The van der Waals surface area contributed by atoms with Crippen molar-refractivity contribution in [1.29, 1.82) is 0 Å². The summed E-state index contributed by atoms with van der Waals surface area (Å²) < 4.78 is 6.46. The van der Waals surface area contributed by atoms with Crippen LogP contribution < -0.4 is 0 Å². The number of rotatable bonds is 3. The Kier molecular flexibility index (Phi) is 3.68. The molecular formula is C12H6Br2O4. The fourth-order valence-electron chi connectivity index (χ4n) is 1.54. The van der Waals surface area contributed by atoms with Crippen LogP contribution in [0.4, 0.5) is 0 Å². The molecule has 0 unspecified atom stereocenters. The highest BCUT2D eigenvalue weighted by Gasteiger charge is 2.19. The van der Waals surface area contributed by atoms with Crippen molar-refractivity contribution in [2.24, 2.45) is 0 Å². The third-order valence-electron chi connectivity index (χ3n) is 2.27. The van der Waals surface area contributed by atoms with E-state index in [0.717, 1.165) is 0 Å². The molecular weight excluding hydrogens is 368 g/mol. The maximum absolute atomic E-state index is 11.2. The standard InChI is InChI=1S/C12H6Br2O4/c13-6-3-8(12(16)17)11(9(14)4-6)10-2-1-7(5-15)18-10/h1-5H,(H,16,17). The molecule has 0 atom stereocenters. The summed E-state index contributed by atoms with van der Waals surface area (Å²) in [4.78, 5) is 21.8. The van der Waals surface area contributed by atoms with E-state index < -0.39 is 5.97 Å². The molecule has 4 nitrogen and oxygen atoms in total. The Balaban J connectivity index is 2.69. The van der Waals surface area contributed by atoms with Crippen LogP contribution in [0.25, 0.3) is 11.3 Å². The molecule has 0 bridgehead atoms. The van der Waals surface area contributed by atoms with E-state index in [1.165, 1.54) is 12.1 Å². The van der Waals surface area contributed by atoms with E-state index in [0.29, 0.717) is 26.6 Å². The fraction of sp³-hybridized carbons (Fsp3) is 0. The van der Waals surface area contributed by atoms with Crippen LogP contribution in [-0.2, 0) is 0 Å². The molecule has 2 rings (SSSR count). The number of carbonyl (C=O) groups excluding carboxylic acids is 1.